The van der Waals surface area contributed by atoms with Gasteiger partial charge in [-0.3, -0.25) is 0 Å². The molecule has 0 spiro atoms. The van der Waals surface area contributed by atoms with Gasteiger partial charge in [-0.1, -0.05) is 18.1 Å². The molecule has 1 aliphatic carbocycles. The third-order valence-electron chi connectivity index (χ3n) is 3.34. The molecule has 2 unspecified atom stereocenters. The monoisotopic (exact) mass is 230 g/mol. The highest BCUT2D eigenvalue weighted by Gasteiger charge is 2.38. The van der Waals surface area contributed by atoms with Crippen LogP contribution < -0.4 is 0 Å². The molecule has 1 N–H and O–H groups in total. The van der Waals surface area contributed by atoms with Crippen LogP contribution in [0.2, 0.25) is 0 Å². The molecule has 0 radical (unpaired) electrons. The quantitative estimate of drug-likeness (QED) is 0.861. The fourth-order valence-electron chi connectivity index (χ4n) is 1.93. The molecule has 1 aromatic heterocycles. The molecule has 1 aromatic carbocycles. The highest BCUT2D eigenvalue weighted by Crippen LogP contribution is 2.45. The molecular formula is C13H14N2O2. The lowest BCUT2D eigenvalue weighted by Gasteiger charge is -1.99. The van der Waals surface area contributed by atoms with Crippen LogP contribution in [0.3, 0.4) is 0 Å². The highest BCUT2D eigenvalue weighted by atomic mass is 16.5. The first-order valence-corrected chi connectivity index (χ1v) is 5.79. The normalized spacial score (nSPS) is 22.7. The van der Waals surface area contributed by atoms with Crippen molar-refractivity contribution in [1.29, 1.82) is 0 Å². The van der Waals surface area contributed by atoms with E-state index in [2.05, 4.69) is 17.1 Å². The molecule has 2 atom stereocenters. The summed E-state index contributed by atoms with van der Waals surface area (Å²) in [7, 11) is 0. The first-order chi connectivity index (χ1) is 8.15. The van der Waals surface area contributed by atoms with Crippen molar-refractivity contribution in [1.82, 2.24) is 10.1 Å². The molecule has 0 amide bonds. The SMILES string of the molecule is Cc1ccc(-c2nc(C3CC3C)no2)cc1O. The number of aryl methyl sites for hydroxylation is 1. The summed E-state index contributed by atoms with van der Waals surface area (Å²) in [5.74, 6) is 2.63. The van der Waals surface area contributed by atoms with Gasteiger partial charge in [0.25, 0.3) is 5.89 Å². The zero-order valence-corrected chi connectivity index (χ0v) is 9.84. The van der Waals surface area contributed by atoms with E-state index in [1.807, 2.05) is 19.1 Å². The van der Waals surface area contributed by atoms with Gasteiger partial charge in [0, 0.05) is 11.5 Å². The van der Waals surface area contributed by atoms with E-state index in [-0.39, 0.29) is 5.75 Å². The maximum atomic E-state index is 9.64. The van der Waals surface area contributed by atoms with Gasteiger partial charge in [-0.05, 0) is 37.0 Å². The predicted molar refractivity (Wildman–Crippen MR) is 62.7 cm³/mol. The summed E-state index contributed by atoms with van der Waals surface area (Å²) in [5, 5.41) is 13.6. The minimum atomic E-state index is 0.252. The fraction of sp³-hybridized carbons (Fsp3) is 0.385. The molecule has 88 valence electrons. The Hall–Kier alpha value is -1.84. The molecule has 1 fully saturated rings. The van der Waals surface area contributed by atoms with Gasteiger partial charge in [0.05, 0.1) is 0 Å². The lowest BCUT2D eigenvalue weighted by molar-refractivity contribution is 0.421. The average molecular weight is 230 g/mol. The van der Waals surface area contributed by atoms with Gasteiger partial charge in [0.2, 0.25) is 0 Å². The molecular weight excluding hydrogens is 216 g/mol. The highest BCUT2D eigenvalue weighted by molar-refractivity contribution is 5.57. The number of hydrogen-bond acceptors (Lipinski definition) is 4. The second-order valence-electron chi connectivity index (χ2n) is 4.78. The summed E-state index contributed by atoms with van der Waals surface area (Å²) in [6.45, 7) is 4.03. The Morgan fingerprint density at radius 3 is 2.82 bits per heavy atom. The van der Waals surface area contributed by atoms with Crippen LogP contribution in [0.25, 0.3) is 11.5 Å². The van der Waals surface area contributed by atoms with Crippen LogP contribution in [-0.2, 0) is 0 Å². The van der Waals surface area contributed by atoms with Gasteiger partial charge in [-0.2, -0.15) is 4.98 Å². The van der Waals surface area contributed by atoms with Crippen LogP contribution in [0.1, 0.15) is 30.7 Å². The zero-order valence-electron chi connectivity index (χ0n) is 9.84. The van der Waals surface area contributed by atoms with Crippen LogP contribution in [-0.4, -0.2) is 15.2 Å². The van der Waals surface area contributed by atoms with Crippen molar-refractivity contribution in [3.63, 3.8) is 0 Å². The Bertz CT molecular complexity index is 562. The summed E-state index contributed by atoms with van der Waals surface area (Å²) < 4.78 is 5.22. The maximum Gasteiger partial charge on any atom is 0.258 e. The Kier molecular flexibility index (Phi) is 2.18. The number of aromatic hydroxyl groups is 1. The van der Waals surface area contributed by atoms with E-state index in [0.717, 1.165) is 23.4 Å². The minimum Gasteiger partial charge on any atom is -0.508 e. The molecule has 1 saturated carbocycles. The van der Waals surface area contributed by atoms with Crippen LogP contribution >= 0.6 is 0 Å². The first kappa shape index (κ1) is 10.3. The Morgan fingerprint density at radius 2 is 2.18 bits per heavy atom. The Morgan fingerprint density at radius 1 is 1.41 bits per heavy atom. The third kappa shape index (κ3) is 1.79. The smallest absolute Gasteiger partial charge is 0.258 e. The first-order valence-electron chi connectivity index (χ1n) is 5.79. The van der Waals surface area contributed by atoms with E-state index in [0.29, 0.717) is 17.7 Å². The summed E-state index contributed by atoms with van der Waals surface area (Å²) in [6.07, 6.45) is 1.14. The van der Waals surface area contributed by atoms with Crippen molar-refractivity contribution in [2.24, 2.45) is 5.92 Å². The van der Waals surface area contributed by atoms with E-state index >= 15 is 0 Å². The van der Waals surface area contributed by atoms with Gasteiger partial charge in [0.1, 0.15) is 5.75 Å². The van der Waals surface area contributed by atoms with Gasteiger partial charge >= 0.3 is 0 Å². The van der Waals surface area contributed by atoms with E-state index < -0.39 is 0 Å². The summed E-state index contributed by atoms with van der Waals surface area (Å²) in [4.78, 5) is 4.37. The standard InChI is InChI=1S/C13H14N2O2/c1-7-3-4-9(6-11(7)16)13-14-12(15-17-13)10-5-8(10)2/h3-4,6,8,10,16H,5H2,1-2H3. The zero-order chi connectivity index (χ0) is 12.0. The molecule has 0 bridgehead atoms. The topological polar surface area (TPSA) is 59.2 Å². The van der Waals surface area contributed by atoms with Gasteiger partial charge < -0.3 is 9.63 Å². The van der Waals surface area contributed by atoms with E-state index in [4.69, 9.17) is 4.52 Å². The van der Waals surface area contributed by atoms with Crippen LogP contribution in [0.15, 0.2) is 22.7 Å². The van der Waals surface area contributed by atoms with Gasteiger partial charge in [-0.25, -0.2) is 0 Å². The Balaban J connectivity index is 1.92. The molecule has 0 aliphatic heterocycles. The fourth-order valence-corrected chi connectivity index (χ4v) is 1.93. The van der Waals surface area contributed by atoms with E-state index in [9.17, 15) is 5.11 Å². The van der Waals surface area contributed by atoms with Crippen LogP contribution in [0.5, 0.6) is 5.75 Å². The van der Waals surface area contributed by atoms with E-state index in [1.165, 1.54) is 0 Å². The van der Waals surface area contributed by atoms with Crippen LogP contribution in [0.4, 0.5) is 0 Å². The Labute approximate surface area is 99.3 Å². The summed E-state index contributed by atoms with van der Waals surface area (Å²) in [6, 6.07) is 5.37. The van der Waals surface area contributed by atoms with Crippen molar-refractivity contribution in [2.75, 3.05) is 0 Å². The lowest BCUT2D eigenvalue weighted by Crippen LogP contribution is -1.85. The van der Waals surface area contributed by atoms with E-state index in [1.54, 1.807) is 6.07 Å². The number of rotatable bonds is 2. The second kappa shape index (κ2) is 3.58. The lowest BCUT2D eigenvalue weighted by atomic mass is 10.1. The number of hydrogen-bond donors (Lipinski definition) is 1. The average Bonchev–Trinajstić information content (AvgIpc) is 2.86. The van der Waals surface area contributed by atoms with Crippen molar-refractivity contribution in [3.8, 4) is 17.2 Å². The molecule has 17 heavy (non-hydrogen) atoms. The predicted octanol–water partition coefficient (Wildman–Crippen LogP) is 2.87. The minimum absolute atomic E-state index is 0.252. The molecule has 4 heteroatoms. The molecule has 2 aromatic rings. The summed E-state index contributed by atoms with van der Waals surface area (Å²) in [5.41, 5.74) is 1.60. The molecule has 3 rings (SSSR count). The number of nitrogens with zero attached hydrogens (tertiary/aromatic N) is 2. The van der Waals surface area contributed by atoms with Crippen molar-refractivity contribution in [2.45, 2.75) is 26.2 Å². The number of phenols is 1. The molecule has 1 aliphatic rings. The third-order valence-corrected chi connectivity index (χ3v) is 3.34. The molecule has 4 nitrogen and oxygen atoms in total. The second-order valence-corrected chi connectivity index (χ2v) is 4.78. The summed E-state index contributed by atoms with van der Waals surface area (Å²) >= 11 is 0. The maximum absolute atomic E-state index is 9.64. The van der Waals surface area contributed by atoms with Crippen LogP contribution in [0, 0.1) is 12.8 Å². The van der Waals surface area contributed by atoms with Gasteiger partial charge in [-0.15, -0.1) is 0 Å². The van der Waals surface area contributed by atoms with Crippen molar-refractivity contribution < 1.29 is 9.63 Å². The number of benzene rings is 1. The van der Waals surface area contributed by atoms with Crippen molar-refractivity contribution in [3.05, 3.63) is 29.6 Å². The molecule has 0 saturated heterocycles. The number of aromatic nitrogens is 2. The van der Waals surface area contributed by atoms with Gasteiger partial charge in [0.15, 0.2) is 5.82 Å². The number of phenolic OH excluding ortho intramolecular Hbond substituents is 1. The molecule has 1 heterocycles. The van der Waals surface area contributed by atoms with Crippen molar-refractivity contribution >= 4 is 0 Å². The largest absolute Gasteiger partial charge is 0.508 e.